The second-order valence-electron chi connectivity index (χ2n) is 22.8. The summed E-state index contributed by atoms with van der Waals surface area (Å²) in [6, 6.07) is 115. The van der Waals surface area contributed by atoms with Crippen molar-refractivity contribution in [3.8, 4) is 11.5 Å². The minimum absolute atomic E-state index is 0.259. The van der Waals surface area contributed by atoms with Crippen LogP contribution < -0.4 is 66.9 Å². The number of benzene rings is 13. The summed E-state index contributed by atoms with van der Waals surface area (Å²) < 4.78 is 7.90. The zero-order valence-corrected chi connectivity index (χ0v) is 47.3. The molecule has 13 aromatic carbocycles. The van der Waals surface area contributed by atoms with Crippen molar-refractivity contribution in [1.82, 2.24) is 0 Å². The van der Waals surface area contributed by atoms with Crippen LogP contribution in [0.25, 0.3) is 0 Å². The fourth-order valence-corrected chi connectivity index (χ4v) is 14.7. The maximum atomic E-state index is 7.90. The number of anilines is 18. The van der Waals surface area contributed by atoms with Crippen molar-refractivity contribution >= 4 is 149 Å². The van der Waals surface area contributed by atoms with E-state index < -0.39 is 0 Å². The average Bonchev–Trinajstić information content (AvgIpc) is 0.699. The fourth-order valence-electron chi connectivity index (χ4n) is 14.7. The average molecular weight is 1110 g/mol. The molecule has 0 aliphatic carbocycles. The summed E-state index contributed by atoms with van der Waals surface area (Å²) in [5.74, 6) is 1.65. The highest BCUT2D eigenvalue weighted by Gasteiger charge is 2.51. The van der Waals surface area contributed by atoms with E-state index in [2.05, 4.69) is 345 Å². The molecule has 0 unspecified atom stereocenters. The van der Waals surface area contributed by atoms with E-state index in [-0.39, 0.29) is 13.4 Å². The lowest BCUT2D eigenvalue weighted by molar-refractivity contribution is 0.490. The molecule has 406 valence electrons. The maximum absolute atomic E-state index is 7.90. The number of nitrogens with zero attached hydrogens (tertiary/aromatic N) is 6. The van der Waals surface area contributed by atoms with E-state index in [0.717, 1.165) is 125 Å². The zero-order chi connectivity index (χ0) is 57.1. The highest BCUT2D eigenvalue weighted by Crippen LogP contribution is 2.53. The molecular weight excluding hydrogens is 1060 g/mol. The summed E-state index contributed by atoms with van der Waals surface area (Å²) in [4.78, 5) is 14.9. The van der Waals surface area contributed by atoms with Crippen LogP contribution in [0, 0.1) is 0 Å². The fraction of sp³-hybridized carbons (Fsp3) is 0. The van der Waals surface area contributed by atoms with Gasteiger partial charge in [0.05, 0.1) is 11.4 Å². The molecule has 0 N–H and O–H groups in total. The molecule has 0 atom stereocenters. The summed E-state index contributed by atoms with van der Waals surface area (Å²) in [7, 11) is 0. The van der Waals surface area contributed by atoms with E-state index in [9.17, 15) is 0 Å². The van der Waals surface area contributed by atoms with E-state index in [0.29, 0.717) is 0 Å². The molecular formula is C78H52B2N6O. The van der Waals surface area contributed by atoms with Crippen LogP contribution in [0.15, 0.2) is 315 Å². The minimum Gasteiger partial charge on any atom is -0.458 e. The Balaban J connectivity index is 0.996. The molecule has 0 radical (unpaired) electrons. The minimum atomic E-state index is -0.259. The Bertz CT molecular complexity index is 4440. The molecule has 0 spiro atoms. The maximum Gasteiger partial charge on any atom is 0.256 e. The molecule has 13 aromatic rings. The number of hydrogen-bond acceptors (Lipinski definition) is 7. The van der Waals surface area contributed by atoms with Crippen molar-refractivity contribution in [2.24, 2.45) is 0 Å². The quantitative estimate of drug-likeness (QED) is 0.126. The molecule has 7 nitrogen and oxygen atoms in total. The first-order valence-corrected chi connectivity index (χ1v) is 29.9. The SMILES string of the molecule is c1ccc(N(c2ccccc2)c2cc3c4c(c2)N(c2ccccc2)c2cccc5c2B4c2cc4c(cc2N3c2ccccc2)N(c2ccccc2)c2cc(N(c3ccccc3)c3ccccc3)cc3c2B4c2c(cccc2N3c2ccccc2)O5)cc1. The van der Waals surface area contributed by atoms with Crippen LogP contribution in [0.2, 0.25) is 0 Å². The van der Waals surface area contributed by atoms with Crippen LogP contribution in [-0.2, 0) is 0 Å². The van der Waals surface area contributed by atoms with Gasteiger partial charge in [0.1, 0.15) is 11.5 Å². The Morgan fingerprint density at radius 3 is 0.793 bits per heavy atom. The van der Waals surface area contributed by atoms with Gasteiger partial charge in [-0.3, -0.25) is 0 Å². The molecule has 9 heteroatoms. The lowest BCUT2D eigenvalue weighted by atomic mass is 9.29. The molecule has 5 aliphatic rings. The highest BCUT2D eigenvalue weighted by atomic mass is 16.5. The van der Waals surface area contributed by atoms with Crippen LogP contribution in [0.1, 0.15) is 0 Å². The van der Waals surface area contributed by atoms with Gasteiger partial charge in [0, 0.05) is 91.0 Å². The molecule has 2 bridgehead atoms. The van der Waals surface area contributed by atoms with Gasteiger partial charge in [-0.2, -0.15) is 0 Å². The van der Waals surface area contributed by atoms with E-state index in [4.69, 9.17) is 4.74 Å². The molecule has 0 fully saturated rings. The van der Waals surface area contributed by atoms with Gasteiger partial charge >= 0.3 is 0 Å². The third-order valence-electron chi connectivity index (χ3n) is 18.1. The van der Waals surface area contributed by atoms with Gasteiger partial charge in [0.15, 0.2) is 0 Å². The Morgan fingerprint density at radius 1 is 0.218 bits per heavy atom. The Kier molecular flexibility index (Phi) is 11.0. The first kappa shape index (κ1) is 49.1. The first-order valence-electron chi connectivity index (χ1n) is 29.9. The van der Waals surface area contributed by atoms with Gasteiger partial charge < -0.3 is 34.1 Å². The molecule has 87 heavy (non-hydrogen) atoms. The van der Waals surface area contributed by atoms with Gasteiger partial charge in [-0.15, -0.1) is 0 Å². The second-order valence-corrected chi connectivity index (χ2v) is 22.8. The van der Waals surface area contributed by atoms with Gasteiger partial charge in [0.2, 0.25) is 0 Å². The Morgan fingerprint density at radius 2 is 0.494 bits per heavy atom. The van der Waals surface area contributed by atoms with Gasteiger partial charge in [-0.25, -0.2) is 0 Å². The smallest absolute Gasteiger partial charge is 0.256 e. The largest absolute Gasteiger partial charge is 0.458 e. The molecule has 0 saturated heterocycles. The van der Waals surface area contributed by atoms with Gasteiger partial charge in [-0.05, 0) is 184 Å². The lowest BCUT2D eigenvalue weighted by Crippen LogP contribution is -2.66. The number of ether oxygens (including phenoxy) is 1. The van der Waals surface area contributed by atoms with Crippen molar-refractivity contribution < 1.29 is 4.74 Å². The molecule has 18 rings (SSSR count). The number of rotatable bonds is 10. The van der Waals surface area contributed by atoms with Crippen LogP contribution in [0.5, 0.6) is 11.5 Å². The van der Waals surface area contributed by atoms with Gasteiger partial charge in [0.25, 0.3) is 13.4 Å². The predicted octanol–water partition coefficient (Wildman–Crippen LogP) is 16.9. The van der Waals surface area contributed by atoms with Crippen molar-refractivity contribution in [3.63, 3.8) is 0 Å². The van der Waals surface area contributed by atoms with Crippen molar-refractivity contribution in [3.05, 3.63) is 315 Å². The van der Waals surface area contributed by atoms with Gasteiger partial charge in [-0.1, -0.05) is 164 Å². The van der Waals surface area contributed by atoms with E-state index in [1.54, 1.807) is 0 Å². The van der Waals surface area contributed by atoms with Crippen molar-refractivity contribution in [2.75, 3.05) is 29.4 Å². The Hall–Kier alpha value is -11.4. The highest BCUT2D eigenvalue weighted by molar-refractivity contribution is 7.04. The summed E-state index contributed by atoms with van der Waals surface area (Å²) in [5, 5.41) is 0. The molecule has 0 amide bonds. The van der Waals surface area contributed by atoms with E-state index in [1.807, 2.05) is 0 Å². The normalized spacial score (nSPS) is 13.2. The summed E-state index contributed by atoms with van der Waals surface area (Å²) in [6.07, 6.45) is 0. The topological polar surface area (TPSA) is 28.7 Å². The molecule has 5 aliphatic heterocycles. The van der Waals surface area contributed by atoms with Crippen LogP contribution in [0.4, 0.5) is 102 Å². The van der Waals surface area contributed by atoms with E-state index in [1.165, 1.54) is 21.9 Å². The third kappa shape index (κ3) is 7.52. The molecule has 0 saturated carbocycles. The monoisotopic (exact) mass is 1110 g/mol. The van der Waals surface area contributed by atoms with Crippen molar-refractivity contribution in [1.29, 1.82) is 0 Å². The third-order valence-corrected chi connectivity index (χ3v) is 18.1. The zero-order valence-electron chi connectivity index (χ0n) is 47.3. The number of para-hydroxylation sites is 8. The summed E-state index contributed by atoms with van der Waals surface area (Å²) >= 11 is 0. The molecule has 5 heterocycles. The summed E-state index contributed by atoms with van der Waals surface area (Å²) in [6.45, 7) is -0.518. The second kappa shape index (κ2) is 19.6. The van der Waals surface area contributed by atoms with E-state index >= 15 is 0 Å². The lowest BCUT2D eigenvalue weighted by Gasteiger charge is -2.48. The number of hydrogen-bond donors (Lipinski definition) is 0. The van der Waals surface area contributed by atoms with Crippen molar-refractivity contribution in [2.45, 2.75) is 0 Å². The molecule has 0 aromatic heterocycles. The summed E-state index contributed by atoms with van der Waals surface area (Å²) in [5.41, 5.74) is 26.4. The Labute approximate surface area is 506 Å². The van der Waals surface area contributed by atoms with Crippen LogP contribution in [0.3, 0.4) is 0 Å². The standard InChI is InChI=1S/C78H52B2N6O/c1-9-27-53(28-10-1)81(54-29-11-2-12-30-54)61-47-69-75-71(49-61)85(59-39-21-7-22-40-59)67-52-68-64-51-63(67)79(75)77-65(83(69)57-35-17-5-18-36-57)43-25-45-73(77)87-74-46-26-44-66-78(74)80(64)76-70(84(66)58-37-19-6-20-38-58)48-62(50-72(76)86(68)60-41-23-8-24-42-60)82(55-31-13-3-14-32-55)56-33-15-4-16-34-56/h1-52H. The predicted molar refractivity (Wildman–Crippen MR) is 364 cm³/mol. The first-order chi connectivity index (χ1) is 43.2. The van der Waals surface area contributed by atoms with Crippen LogP contribution in [-0.4, -0.2) is 13.4 Å². The van der Waals surface area contributed by atoms with Crippen LogP contribution >= 0.6 is 0 Å².